The molecule has 4 nitrogen and oxygen atoms in total. The Balaban J connectivity index is 2.07. The van der Waals surface area contributed by atoms with Crippen molar-refractivity contribution in [3.05, 3.63) is 0 Å². The van der Waals surface area contributed by atoms with E-state index in [1.54, 1.807) is 0 Å². The highest BCUT2D eigenvalue weighted by Crippen LogP contribution is 2.04. The molecule has 0 spiro atoms. The van der Waals surface area contributed by atoms with E-state index >= 15 is 0 Å². The number of hydrogen-bond donors (Lipinski definition) is 1. The number of rotatable bonds is 7. The fourth-order valence-corrected chi connectivity index (χ4v) is 1.85. The maximum Gasteiger partial charge on any atom is 0.0826 e. The van der Waals surface area contributed by atoms with Crippen LogP contribution in [0.5, 0.6) is 0 Å². The number of hydrogen-bond acceptors (Lipinski definition) is 4. The van der Waals surface area contributed by atoms with Crippen molar-refractivity contribution in [2.24, 2.45) is 5.92 Å². The van der Waals surface area contributed by atoms with Gasteiger partial charge in [-0.25, -0.2) is 0 Å². The minimum Gasteiger partial charge on any atom is -0.380 e. The van der Waals surface area contributed by atoms with Crippen LogP contribution in [0.3, 0.4) is 0 Å². The number of likely N-dealkylation sites (N-methyl/N-ethyl adjacent to an activating group) is 1. The third-order valence-corrected chi connectivity index (χ3v) is 2.66. The molecule has 1 aliphatic rings. The maximum absolute atomic E-state index is 5.65. The van der Waals surface area contributed by atoms with Crippen LogP contribution in [0.25, 0.3) is 0 Å². The normalized spacial score (nSPS) is 22.9. The maximum atomic E-state index is 5.65. The van der Waals surface area contributed by atoms with Crippen LogP contribution in [0.2, 0.25) is 0 Å². The SMILES string of the molecule is CNCC1CN(CCOCC(C)C)CCO1. The van der Waals surface area contributed by atoms with Crippen molar-refractivity contribution in [2.75, 3.05) is 53.0 Å². The predicted octanol–water partition coefficient (Wildman–Crippen LogP) is 0.579. The summed E-state index contributed by atoms with van der Waals surface area (Å²) in [6, 6.07) is 0. The van der Waals surface area contributed by atoms with Crippen molar-refractivity contribution in [1.29, 1.82) is 0 Å². The van der Waals surface area contributed by atoms with Gasteiger partial charge < -0.3 is 14.8 Å². The van der Waals surface area contributed by atoms with Gasteiger partial charge in [-0.3, -0.25) is 4.90 Å². The second-order valence-electron chi connectivity index (χ2n) is 4.82. The van der Waals surface area contributed by atoms with Gasteiger partial charge in [-0.05, 0) is 13.0 Å². The quantitative estimate of drug-likeness (QED) is 0.649. The molecular weight excluding hydrogens is 204 g/mol. The Hall–Kier alpha value is -0.160. The van der Waals surface area contributed by atoms with Gasteiger partial charge in [0.15, 0.2) is 0 Å². The Morgan fingerprint density at radius 3 is 3.00 bits per heavy atom. The summed E-state index contributed by atoms with van der Waals surface area (Å²) in [5, 5.41) is 3.16. The van der Waals surface area contributed by atoms with Crippen molar-refractivity contribution >= 4 is 0 Å². The molecule has 1 N–H and O–H groups in total. The van der Waals surface area contributed by atoms with Gasteiger partial charge in [0.25, 0.3) is 0 Å². The zero-order valence-corrected chi connectivity index (χ0v) is 10.9. The lowest BCUT2D eigenvalue weighted by Crippen LogP contribution is -2.47. The lowest BCUT2D eigenvalue weighted by molar-refractivity contribution is -0.0351. The Labute approximate surface area is 99.3 Å². The summed E-state index contributed by atoms with van der Waals surface area (Å²) in [6.07, 6.45) is 0.337. The van der Waals surface area contributed by atoms with E-state index in [-0.39, 0.29) is 0 Å². The van der Waals surface area contributed by atoms with E-state index in [4.69, 9.17) is 9.47 Å². The molecular formula is C12H26N2O2. The zero-order chi connectivity index (χ0) is 11.8. The standard InChI is InChI=1S/C12H26N2O2/c1-11(2)10-15-6-4-14-5-7-16-12(9-14)8-13-3/h11-13H,4-10H2,1-3H3. The molecule has 0 saturated carbocycles. The van der Waals surface area contributed by atoms with E-state index in [0.29, 0.717) is 12.0 Å². The lowest BCUT2D eigenvalue weighted by atomic mass is 10.2. The number of ether oxygens (including phenoxy) is 2. The smallest absolute Gasteiger partial charge is 0.0826 e. The van der Waals surface area contributed by atoms with Crippen molar-refractivity contribution < 1.29 is 9.47 Å². The molecule has 96 valence electrons. The summed E-state index contributed by atoms with van der Waals surface area (Å²) < 4.78 is 11.2. The molecule has 0 amide bonds. The largest absolute Gasteiger partial charge is 0.380 e. The average molecular weight is 230 g/mol. The van der Waals surface area contributed by atoms with Gasteiger partial charge in [0.2, 0.25) is 0 Å². The van der Waals surface area contributed by atoms with Crippen LogP contribution in [0.15, 0.2) is 0 Å². The molecule has 1 heterocycles. The van der Waals surface area contributed by atoms with Gasteiger partial charge in [0.1, 0.15) is 0 Å². The Bertz CT molecular complexity index is 174. The molecule has 0 bridgehead atoms. The van der Waals surface area contributed by atoms with E-state index in [1.807, 2.05) is 7.05 Å². The van der Waals surface area contributed by atoms with Crippen LogP contribution in [0.1, 0.15) is 13.8 Å². The minimum atomic E-state index is 0.337. The molecule has 1 fully saturated rings. The predicted molar refractivity (Wildman–Crippen MR) is 65.8 cm³/mol. The van der Waals surface area contributed by atoms with Crippen molar-refractivity contribution in [3.63, 3.8) is 0 Å². The van der Waals surface area contributed by atoms with Gasteiger partial charge in [-0.15, -0.1) is 0 Å². The van der Waals surface area contributed by atoms with E-state index in [2.05, 4.69) is 24.1 Å². The van der Waals surface area contributed by atoms with Crippen LogP contribution >= 0.6 is 0 Å². The first-order valence-electron chi connectivity index (χ1n) is 6.28. The lowest BCUT2D eigenvalue weighted by Gasteiger charge is -2.32. The molecule has 0 radical (unpaired) electrons. The highest BCUT2D eigenvalue weighted by molar-refractivity contribution is 4.72. The molecule has 1 rings (SSSR count). The first kappa shape index (κ1) is 13.9. The van der Waals surface area contributed by atoms with Gasteiger partial charge in [-0.2, -0.15) is 0 Å². The summed E-state index contributed by atoms with van der Waals surface area (Å²) in [5.74, 6) is 0.627. The van der Waals surface area contributed by atoms with Crippen molar-refractivity contribution in [1.82, 2.24) is 10.2 Å². The number of nitrogens with zero attached hydrogens (tertiary/aromatic N) is 1. The highest BCUT2D eigenvalue weighted by atomic mass is 16.5. The summed E-state index contributed by atoms with van der Waals surface area (Å²) in [7, 11) is 1.97. The van der Waals surface area contributed by atoms with E-state index < -0.39 is 0 Å². The Morgan fingerprint density at radius 1 is 1.50 bits per heavy atom. The van der Waals surface area contributed by atoms with Crippen LogP contribution < -0.4 is 5.32 Å². The second-order valence-corrected chi connectivity index (χ2v) is 4.82. The Morgan fingerprint density at radius 2 is 2.31 bits per heavy atom. The van der Waals surface area contributed by atoms with E-state index in [9.17, 15) is 0 Å². The number of morpholine rings is 1. The monoisotopic (exact) mass is 230 g/mol. The van der Waals surface area contributed by atoms with Crippen LogP contribution in [-0.2, 0) is 9.47 Å². The summed E-state index contributed by atoms with van der Waals surface area (Å²) in [6.45, 7) is 10.9. The molecule has 1 saturated heterocycles. The van der Waals surface area contributed by atoms with Crippen LogP contribution in [-0.4, -0.2) is 64.1 Å². The van der Waals surface area contributed by atoms with Crippen LogP contribution in [0.4, 0.5) is 0 Å². The van der Waals surface area contributed by atoms with Gasteiger partial charge in [0.05, 0.1) is 19.3 Å². The second kappa shape index (κ2) is 8.01. The van der Waals surface area contributed by atoms with E-state index in [0.717, 1.165) is 46.0 Å². The summed E-state index contributed by atoms with van der Waals surface area (Å²) >= 11 is 0. The van der Waals surface area contributed by atoms with Crippen molar-refractivity contribution in [2.45, 2.75) is 20.0 Å². The molecule has 16 heavy (non-hydrogen) atoms. The van der Waals surface area contributed by atoms with E-state index in [1.165, 1.54) is 0 Å². The first-order chi connectivity index (χ1) is 7.72. The third kappa shape index (κ3) is 5.80. The van der Waals surface area contributed by atoms with Crippen LogP contribution in [0, 0.1) is 5.92 Å². The fraction of sp³-hybridized carbons (Fsp3) is 1.00. The molecule has 1 unspecified atom stereocenters. The molecule has 0 aliphatic carbocycles. The molecule has 1 aliphatic heterocycles. The average Bonchev–Trinajstić information content (AvgIpc) is 2.25. The third-order valence-electron chi connectivity index (χ3n) is 2.66. The first-order valence-corrected chi connectivity index (χ1v) is 6.28. The highest BCUT2D eigenvalue weighted by Gasteiger charge is 2.19. The zero-order valence-electron chi connectivity index (χ0n) is 10.9. The molecule has 0 aromatic heterocycles. The molecule has 4 heteroatoms. The molecule has 0 aromatic carbocycles. The van der Waals surface area contributed by atoms with Gasteiger partial charge in [-0.1, -0.05) is 13.8 Å². The summed E-state index contributed by atoms with van der Waals surface area (Å²) in [5.41, 5.74) is 0. The van der Waals surface area contributed by atoms with Gasteiger partial charge in [0, 0.05) is 32.8 Å². The Kier molecular flexibility index (Phi) is 6.96. The molecule has 0 aromatic rings. The fourth-order valence-electron chi connectivity index (χ4n) is 1.85. The minimum absolute atomic E-state index is 0.337. The summed E-state index contributed by atoms with van der Waals surface area (Å²) in [4.78, 5) is 2.42. The molecule has 1 atom stereocenters. The van der Waals surface area contributed by atoms with Crippen molar-refractivity contribution in [3.8, 4) is 0 Å². The topological polar surface area (TPSA) is 33.7 Å². The van der Waals surface area contributed by atoms with Gasteiger partial charge >= 0.3 is 0 Å². The number of nitrogens with one attached hydrogen (secondary N) is 1.